The van der Waals surface area contributed by atoms with Gasteiger partial charge in [-0.05, 0) is 59.9 Å². The largest absolute Gasteiger partial charge is 0.491 e. The number of nitrogens with one attached hydrogen (secondary N) is 1. The first-order valence-electron chi connectivity index (χ1n) is 11.8. The first-order chi connectivity index (χ1) is 16.0. The number of rotatable bonds is 7. The van der Waals surface area contributed by atoms with Gasteiger partial charge in [-0.15, -0.1) is 0 Å². The molecule has 1 aliphatic carbocycles. The topological polar surface area (TPSA) is 98.7 Å². The Morgan fingerprint density at radius 3 is 2.79 bits per heavy atom. The lowest BCUT2D eigenvalue weighted by molar-refractivity contribution is -0.141. The number of pyridine rings is 1. The number of hydrogen-bond acceptors (Lipinski definition) is 8. The van der Waals surface area contributed by atoms with Crippen molar-refractivity contribution in [3.8, 4) is 17.3 Å². The molecule has 4 rings (SSSR count). The molecule has 2 aliphatic rings. The van der Waals surface area contributed by atoms with E-state index in [1.807, 2.05) is 58.7 Å². The van der Waals surface area contributed by atoms with E-state index in [1.54, 1.807) is 6.20 Å². The van der Waals surface area contributed by atoms with Crippen LogP contribution in [-0.2, 0) is 27.1 Å². The first-order valence-corrected chi connectivity index (χ1v) is 11.8. The Kier molecular flexibility index (Phi) is 6.78. The van der Waals surface area contributed by atoms with Crippen molar-refractivity contribution in [2.75, 3.05) is 31.7 Å². The van der Waals surface area contributed by atoms with Gasteiger partial charge in [0.2, 0.25) is 5.91 Å². The van der Waals surface area contributed by atoms with E-state index in [-0.39, 0.29) is 24.1 Å². The number of aryl methyl sites for hydroxylation is 1. The van der Waals surface area contributed by atoms with E-state index in [4.69, 9.17) is 24.2 Å². The van der Waals surface area contributed by atoms with Gasteiger partial charge in [-0.1, -0.05) is 0 Å². The third-order valence-corrected chi connectivity index (χ3v) is 5.63. The van der Waals surface area contributed by atoms with Gasteiger partial charge >= 0.3 is 0 Å². The number of carbonyl (C=O) groups excluding carboxylic acids is 1. The number of aromatic nitrogens is 3. The van der Waals surface area contributed by atoms with Crippen LogP contribution < -0.4 is 15.0 Å². The molecule has 1 saturated heterocycles. The summed E-state index contributed by atoms with van der Waals surface area (Å²) in [6.45, 7) is 10.8. The monoisotopic (exact) mass is 469 g/mol. The van der Waals surface area contributed by atoms with E-state index in [0.29, 0.717) is 30.5 Å². The normalized spacial score (nSPS) is 19.1. The highest BCUT2D eigenvalue weighted by molar-refractivity contribution is 5.82. The second kappa shape index (κ2) is 9.46. The Bertz CT molecular complexity index is 1050. The summed E-state index contributed by atoms with van der Waals surface area (Å²) >= 11 is 0. The van der Waals surface area contributed by atoms with Crippen molar-refractivity contribution in [2.24, 2.45) is 0 Å². The summed E-state index contributed by atoms with van der Waals surface area (Å²) in [5.74, 6) is 1.36. The first kappa shape index (κ1) is 24.3. The molecule has 2 aromatic rings. The summed E-state index contributed by atoms with van der Waals surface area (Å²) < 4.78 is 17.4. The predicted molar refractivity (Wildman–Crippen MR) is 129 cm³/mol. The fourth-order valence-corrected chi connectivity index (χ4v) is 4.25. The number of ether oxygens (including phenoxy) is 3. The van der Waals surface area contributed by atoms with Crippen molar-refractivity contribution in [3.05, 3.63) is 29.6 Å². The van der Waals surface area contributed by atoms with E-state index in [2.05, 4.69) is 10.3 Å². The molecule has 1 N–H and O–H groups in total. The highest BCUT2D eigenvalue weighted by Crippen LogP contribution is 2.31. The lowest BCUT2D eigenvalue weighted by Gasteiger charge is -2.25. The molecule has 0 radical (unpaired) electrons. The second-order valence-corrected chi connectivity index (χ2v) is 10.4. The molecule has 0 saturated carbocycles. The highest BCUT2D eigenvalue weighted by atomic mass is 16.7. The summed E-state index contributed by atoms with van der Waals surface area (Å²) in [5, 5.41) is 3.01. The molecule has 0 unspecified atom stereocenters. The quantitative estimate of drug-likeness (QED) is 0.661. The molecule has 3 heterocycles. The Morgan fingerprint density at radius 1 is 1.29 bits per heavy atom. The molecule has 1 aliphatic heterocycles. The number of carbonyl (C=O) groups is 1. The number of fused-ring (bicyclic) bond motifs is 1. The SMILES string of the molecule is CN(CC(=O)NC(C)(C)C)c1nc(-c2cc(OC[C@H]3COC(C)(C)O3)ccn2)nc2c1CCC2. The van der Waals surface area contributed by atoms with Gasteiger partial charge in [0.15, 0.2) is 11.6 Å². The van der Waals surface area contributed by atoms with Crippen LogP contribution in [-0.4, -0.2) is 65.1 Å². The number of likely N-dealkylation sites (N-methyl/N-ethyl adjacent to an activating group) is 1. The number of anilines is 1. The van der Waals surface area contributed by atoms with Gasteiger partial charge in [0.05, 0.1) is 13.2 Å². The van der Waals surface area contributed by atoms with Crippen LogP contribution in [0.15, 0.2) is 18.3 Å². The van der Waals surface area contributed by atoms with Gasteiger partial charge in [0.1, 0.15) is 30.0 Å². The maximum absolute atomic E-state index is 12.5. The molecule has 0 spiro atoms. The van der Waals surface area contributed by atoms with Gasteiger partial charge < -0.3 is 24.4 Å². The molecule has 0 bridgehead atoms. The molecule has 1 atom stereocenters. The smallest absolute Gasteiger partial charge is 0.239 e. The van der Waals surface area contributed by atoms with Crippen LogP contribution in [0.2, 0.25) is 0 Å². The zero-order valence-electron chi connectivity index (χ0n) is 21.0. The van der Waals surface area contributed by atoms with Gasteiger partial charge in [-0.25, -0.2) is 9.97 Å². The third-order valence-electron chi connectivity index (χ3n) is 5.63. The molecule has 184 valence electrons. The minimum absolute atomic E-state index is 0.0447. The summed E-state index contributed by atoms with van der Waals surface area (Å²) in [7, 11) is 1.89. The van der Waals surface area contributed by atoms with E-state index in [0.717, 1.165) is 36.3 Å². The van der Waals surface area contributed by atoms with Crippen molar-refractivity contribution in [3.63, 3.8) is 0 Å². The van der Waals surface area contributed by atoms with Crippen molar-refractivity contribution < 1.29 is 19.0 Å². The number of hydrogen-bond donors (Lipinski definition) is 1. The summed E-state index contributed by atoms with van der Waals surface area (Å²) in [6.07, 6.45) is 4.40. The zero-order chi connectivity index (χ0) is 24.5. The molecule has 1 amide bonds. The predicted octanol–water partition coefficient (Wildman–Crippen LogP) is 2.91. The average molecular weight is 470 g/mol. The van der Waals surface area contributed by atoms with Crippen LogP contribution in [0, 0.1) is 0 Å². The van der Waals surface area contributed by atoms with E-state index in [1.165, 1.54) is 0 Å². The molecule has 9 heteroatoms. The highest BCUT2D eigenvalue weighted by Gasteiger charge is 2.33. The molecule has 9 nitrogen and oxygen atoms in total. The van der Waals surface area contributed by atoms with Crippen molar-refractivity contribution in [1.82, 2.24) is 20.3 Å². The Balaban J connectivity index is 1.52. The third kappa shape index (κ3) is 6.01. The van der Waals surface area contributed by atoms with Crippen molar-refractivity contribution in [1.29, 1.82) is 0 Å². The lowest BCUT2D eigenvalue weighted by Crippen LogP contribution is -2.45. The maximum atomic E-state index is 12.5. The molecular weight excluding hydrogens is 434 g/mol. The molecular formula is C25H35N5O4. The fourth-order valence-electron chi connectivity index (χ4n) is 4.25. The van der Waals surface area contributed by atoms with Gasteiger partial charge in [0, 0.05) is 36.1 Å². The zero-order valence-corrected chi connectivity index (χ0v) is 21.0. The van der Waals surface area contributed by atoms with Crippen LogP contribution in [0.1, 0.15) is 52.3 Å². The summed E-state index contributed by atoms with van der Waals surface area (Å²) in [5.41, 5.74) is 2.48. The van der Waals surface area contributed by atoms with E-state index >= 15 is 0 Å². The molecule has 0 aromatic carbocycles. The maximum Gasteiger partial charge on any atom is 0.239 e. The van der Waals surface area contributed by atoms with Crippen LogP contribution in [0.3, 0.4) is 0 Å². The van der Waals surface area contributed by atoms with Gasteiger partial charge in [0.25, 0.3) is 0 Å². The minimum Gasteiger partial charge on any atom is -0.491 e. The standard InChI is InChI=1S/C25H35N5O4/c1-24(2,3)29-21(31)13-30(6)23-18-8-7-9-19(18)27-22(28-23)20-12-16(10-11-26-20)32-14-17-15-33-25(4,5)34-17/h10-12,17H,7-9,13-15H2,1-6H3,(H,29,31)/t17-/m0/s1. The number of amides is 1. The Morgan fingerprint density at radius 2 is 2.09 bits per heavy atom. The molecule has 34 heavy (non-hydrogen) atoms. The van der Waals surface area contributed by atoms with Crippen LogP contribution >= 0.6 is 0 Å². The second-order valence-electron chi connectivity index (χ2n) is 10.4. The summed E-state index contributed by atoms with van der Waals surface area (Å²) in [6, 6.07) is 3.65. The van der Waals surface area contributed by atoms with E-state index < -0.39 is 5.79 Å². The van der Waals surface area contributed by atoms with Crippen LogP contribution in [0.4, 0.5) is 5.82 Å². The van der Waals surface area contributed by atoms with Gasteiger partial charge in [-0.3, -0.25) is 9.78 Å². The number of nitrogens with zero attached hydrogens (tertiary/aromatic N) is 4. The minimum atomic E-state index is -0.581. The van der Waals surface area contributed by atoms with E-state index in [9.17, 15) is 4.79 Å². The van der Waals surface area contributed by atoms with Gasteiger partial charge in [-0.2, -0.15) is 0 Å². The van der Waals surface area contributed by atoms with Crippen molar-refractivity contribution >= 4 is 11.7 Å². The van der Waals surface area contributed by atoms with Crippen LogP contribution in [0.5, 0.6) is 5.75 Å². The van der Waals surface area contributed by atoms with Crippen molar-refractivity contribution in [2.45, 2.75) is 71.3 Å². The summed E-state index contributed by atoms with van der Waals surface area (Å²) in [4.78, 5) is 28.5. The Labute approximate surface area is 201 Å². The fraction of sp³-hybridized carbons (Fsp3) is 0.600. The average Bonchev–Trinajstić information content (AvgIpc) is 3.35. The molecule has 2 aromatic heterocycles. The molecule has 1 fully saturated rings. The van der Waals surface area contributed by atoms with Crippen LogP contribution in [0.25, 0.3) is 11.5 Å². The Hall–Kier alpha value is -2.78. The lowest BCUT2D eigenvalue weighted by atomic mass is 10.1.